The average Bonchev–Trinajstić information content (AvgIpc) is 2.45. The lowest BCUT2D eigenvalue weighted by Crippen LogP contribution is -2.47. The highest BCUT2D eigenvalue weighted by atomic mass is 35.5. The van der Waals surface area contributed by atoms with Crippen molar-refractivity contribution in [1.29, 1.82) is 0 Å². The summed E-state index contributed by atoms with van der Waals surface area (Å²) in [4.78, 5) is 24.2. The molecule has 1 amide bonds. The van der Waals surface area contributed by atoms with Crippen LogP contribution in [0.15, 0.2) is 24.3 Å². The molecule has 1 aliphatic rings. The van der Waals surface area contributed by atoms with E-state index in [1.807, 2.05) is 0 Å². The Bertz CT molecular complexity index is 542. The minimum Gasteiger partial charge on any atom is -0.334 e. The molecule has 3 nitrogen and oxygen atoms in total. The predicted octanol–water partition coefficient (Wildman–Crippen LogP) is 3.32. The number of ketones is 1. The van der Waals surface area contributed by atoms with Crippen LogP contribution in [0.25, 0.3) is 0 Å². The van der Waals surface area contributed by atoms with Gasteiger partial charge in [0, 0.05) is 29.6 Å². The van der Waals surface area contributed by atoms with Crippen LogP contribution in [0.1, 0.15) is 23.2 Å². The highest BCUT2D eigenvalue weighted by molar-refractivity contribution is 6.30. The van der Waals surface area contributed by atoms with E-state index in [1.165, 1.54) is 12.1 Å². The van der Waals surface area contributed by atoms with Crippen LogP contribution in [0, 0.1) is 5.92 Å². The normalized spacial score (nSPS) is 19.4. The molecule has 0 N–H and O–H groups in total. The summed E-state index contributed by atoms with van der Waals surface area (Å²) in [6, 6.07) is 6.18. The summed E-state index contributed by atoms with van der Waals surface area (Å²) in [6.07, 6.45) is -4.04. The van der Waals surface area contributed by atoms with Gasteiger partial charge in [0.25, 0.3) is 0 Å². The Labute approximate surface area is 124 Å². The number of rotatable bonds is 2. The standard InChI is InChI=1S/C14H13ClF3NO2/c15-11-5-3-9(4-6-11)12(20)10-2-1-7-19(8-10)13(21)14(16,17)18/h3-6,10H,1-2,7-8H2/t10-/m1/s1. The highest BCUT2D eigenvalue weighted by Crippen LogP contribution is 2.26. The van der Waals surface area contributed by atoms with Crippen molar-refractivity contribution in [3.8, 4) is 0 Å². The molecule has 1 heterocycles. The summed E-state index contributed by atoms with van der Waals surface area (Å²) < 4.78 is 37.3. The van der Waals surface area contributed by atoms with E-state index in [4.69, 9.17) is 11.6 Å². The van der Waals surface area contributed by atoms with E-state index in [9.17, 15) is 22.8 Å². The van der Waals surface area contributed by atoms with E-state index in [2.05, 4.69) is 0 Å². The second-order valence-corrected chi connectivity index (χ2v) is 5.40. The molecule has 0 spiro atoms. The van der Waals surface area contributed by atoms with Crippen LogP contribution in [0.5, 0.6) is 0 Å². The lowest BCUT2D eigenvalue weighted by Gasteiger charge is -2.32. The molecule has 0 saturated carbocycles. The number of alkyl halides is 3. The molecular formula is C14H13ClF3NO2. The van der Waals surface area contributed by atoms with Gasteiger partial charge in [-0.15, -0.1) is 0 Å². The number of amides is 1. The molecule has 0 aliphatic carbocycles. The first kappa shape index (κ1) is 15.8. The van der Waals surface area contributed by atoms with E-state index >= 15 is 0 Å². The molecule has 114 valence electrons. The Morgan fingerprint density at radius 3 is 2.38 bits per heavy atom. The van der Waals surface area contributed by atoms with E-state index in [1.54, 1.807) is 12.1 Å². The van der Waals surface area contributed by atoms with Gasteiger partial charge in [-0.05, 0) is 37.1 Å². The molecule has 7 heteroatoms. The number of nitrogens with zero attached hydrogens (tertiary/aromatic N) is 1. The van der Waals surface area contributed by atoms with Gasteiger partial charge < -0.3 is 4.90 Å². The zero-order valence-electron chi connectivity index (χ0n) is 11.0. The molecular weight excluding hydrogens is 307 g/mol. The minimum absolute atomic E-state index is 0.0305. The maximum atomic E-state index is 12.4. The second-order valence-electron chi connectivity index (χ2n) is 4.96. The van der Waals surface area contributed by atoms with Crippen LogP contribution in [-0.4, -0.2) is 35.9 Å². The van der Waals surface area contributed by atoms with Gasteiger partial charge in [0.1, 0.15) is 0 Å². The molecule has 1 saturated heterocycles. The molecule has 2 rings (SSSR count). The lowest BCUT2D eigenvalue weighted by molar-refractivity contribution is -0.186. The molecule has 21 heavy (non-hydrogen) atoms. The molecule has 0 bridgehead atoms. The first-order valence-electron chi connectivity index (χ1n) is 6.45. The summed E-state index contributed by atoms with van der Waals surface area (Å²) in [6.45, 7) is -0.164. The number of carbonyl (C=O) groups is 2. The summed E-state index contributed by atoms with van der Waals surface area (Å²) in [5.41, 5.74) is 0.394. The second kappa shape index (κ2) is 6.05. The van der Waals surface area contributed by atoms with Gasteiger partial charge in [-0.25, -0.2) is 0 Å². The monoisotopic (exact) mass is 319 g/mol. The van der Waals surface area contributed by atoms with Crippen LogP contribution >= 0.6 is 11.6 Å². The zero-order chi connectivity index (χ0) is 15.6. The molecule has 0 unspecified atom stereocenters. The van der Waals surface area contributed by atoms with Gasteiger partial charge in [0.05, 0.1) is 0 Å². The maximum Gasteiger partial charge on any atom is 0.471 e. The molecule has 0 aromatic heterocycles. The molecule has 1 aromatic rings. The first-order chi connectivity index (χ1) is 9.79. The largest absolute Gasteiger partial charge is 0.471 e. The summed E-state index contributed by atoms with van der Waals surface area (Å²) in [5.74, 6) is -2.74. The van der Waals surface area contributed by atoms with Crippen LogP contribution in [0.2, 0.25) is 5.02 Å². The van der Waals surface area contributed by atoms with Crippen molar-refractivity contribution in [2.75, 3.05) is 13.1 Å². The van der Waals surface area contributed by atoms with Crippen molar-refractivity contribution in [2.24, 2.45) is 5.92 Å². The number of carbonyl (C=O) groups excluding carboxylic acids is 2. The molecule has 1 fully saturated rings. The van der Waals surface area contributed by atoms with E-state index in [0.29, 0.717) is 28.3 Å². The van der Waals surface area contributed by atoms with Crippen molar-refractivity contribution in [1.82, 2.24) is 4.90 Å². The third-order valence-corrected chi connectivity index (χ3v) is 3.70. The van der Waals surface area contributed by atoms with Crippen LogP contribution in [0.4, 0.5) is 13.2 Å². The number of hydrogen-bond acceptors (Lipinski definition) is 2. The van der Waals surface area contributed by atoms with Gasteiger partial charge in [0.15, 0.2) is 5.78 Å². The SMILES string of the molecule is O=C(c1ccc(Cl)cc1)[C@@H]1CCCN(C(=O)C(F)(F)F)C1. The zero-order valence-corrected chi connectivity index (χ0v) is 11.7. The third kappa shape index (κ3) is 3.75. The number of piperidine rings is 1. The van der Waals surface area contributed by atoms with Gasteiger partial charge in [-0.2, -0.15) is 13.2 Å². The minimum atomic E-state index is -4.90. The predicted molar refractivity (Wildman–Crippen MR) is 71.1 cm³/mol. The summed E-state index contributed by atoms with van der Waals surface area (Å²) >= 11 is 5.73. The number of hydrogen-bond donors (Lipinski definition) is 0. The van der Waals surface area contributed by atoms with E-state index in [0.717, 1.165) is 0 Å². The fraction of sp³-hybridized carbons (Fsp3) is 0.429. The Hall–Kier alpha value is -1.56. The van der Waals surface area contributed by atoms with Crippen LogP contribution in [0.3, 0.4) is 0 Å². The van der Waals surface area contributed by atoms with Crippen molar-refractivity contribution in [2.45, 2.75) is 19.0 Å². The lowest BCUT2D eigenvalue weighted by atomic mass is 9.90. The van der Waals surface area contributed by atoms with Gasteiger partial charge >= 0.3 is 12.1 Å². The molecule has 0 radical (unpaired) electrons. The molecule has 1 atom stereocenters. The Morgan fingerprint density at radius 2 is 1.81 bits per heavy atom. The Morgan fingerprint density at radius 1 is 1.19 bits per heavy atom. The molecule has 1 aromatic carbocycles. The Kier molecular flexibility index (Phi) is 4.56. The number of likely N-dealkylation sites (tertiary alicyclic amines) is 1. The van der Waals surface area contributed by atoms with Crippen molar-refractivity contribution in [3.05, 3.63) is 34.9 Å². The first-order valence-corrected chi connectivity index (χ1v) is 6.82. The third-order valence-electron chi connectivity index (χ3n) is 3.45. The van der Waals surface area contributed by atoms with Gasteiger partial charge in [-0.3, -0.25) is 9.59 Å². The van der Waals surface area contributed by atoms with Crippen LogP contribution in [-0.2, 0) is 4.79 Å². The average molecular weight is 320 g/mol. The van der Waals surface area contributed by atoms with Gasteiger partial charge in [0.2, 0.25) is 0 Å². The number of benzene rings is 1. The fourth-order valence-corrected chi connectivity index (χ4v) is 2.53. The quantitative estimate of drug-likeness (QED) is 0.784. The topological polar surface area (TPSA) is 37.4 Å². The van der Waals surface area contributed by atoms with Gasteiger partial charge in [-0.1, -0.05) is 11.6 Å². The number of halogens is 4. The smallest absolute Gasteiger partial charge is 0.334 e. The maximum absolute atomic E-state index is 12.4. The van der Waals surface area contributed by atoms with Crippen LogP contribution < -0.4 is 0 Å². The van der Waals surface area contributed by atoms with E-state index in [-0.39, 0.29) is 18.9 Å². The van der Waals surface area contributed by atoms with Crippen molar-refractivity contribution in [3.63, 3.8) is 0 Å². The summed E-state index contributed by atoms with van der Waals surface area (Å²) in [5, 5.41) is 0.476. The fourth-order valence-electron chi connectivity index (χ4n) is 2.40. The summed E-state index contributed by atoms with van der Waals surface area (Å²) in [7, 11) is 0. The highest BCUT2D eigenvalue weighted by Gasteiger charge is 2.44. The number of Topliss-reactive ketones (excluding diaryl/α,β-unsaturated/α-hetero) is 1. The van der Waals surface area contributed by atoms with Crippen molar-refractivity contribution >= 4 is 23.3 Å². The molecule has 1 aliphatic heterocycles. The Balaban J connectivity index is 2.09. The van der Waals surface area contributed by atoms with E-state index < -0.39 is 18.0 Å². The van der Waals surface area contributed by atoms with Crippen molar-refractivity contribution < 1.29 is 22.8 Å².